The fraction of sp³-hybridized carbons (Fsp3) is 0.267. The predicted octanol–water partition coefficient (Wildman–Crippen LogP) is 3.13. The lowest BCUT2D eigenvalue weighted by atomic mass is 10.1. The number of ether oxygens (including phenoxy) is 1. The zero-order valence-corrected chi connectivity index (χ0v) is 13.0. The van der Waals surface area contributed by atoms with Gasteiger partial charge < -0.3 is 4.74 Å². The van der Waals surface area contributed by atoms with Crippen molar-refractivity contribution in [3.05, 3.63) is 52.4 Å². The molecule has 0 N–H and O–H groups in total. The van der Waals surface area contributed by atoms with Gasteiger partial charge in [0.15, 0.2) is 9.84 Å². The van der Waals surface area contributed by atoms with Crippen molar-refractivity contribution in [2.45, 2.75) is 23.7 Å². The van der Waals surface area contributed by atoms with Gasteiger partial charge in [0.1, 0.15) is 10.3 Å². The largest absolute Gasteiger partial charge is 0.454 e. The molecule has 1 aromatic heterocycles. The van der Waals surface area contributed by atoms with E-state index in [4.69, 9.17) is 4.74 Å². The second-order valence-corrected chi connectivity index (χ2v) is 8.25. The van der Waals surface area contributed by atoms with Crippen LogP contribution in [0.5, 0.6) is 0 Å². The van der Waals surface area contributed by atoms with Crippen molar-refractivity contribution in [3.8, 4) is 0 Å². The van der Waals surface area contributed by atoms with Crippen molar-refractivity contribution in [1.82, 2.24) is 0 Å². The number of hydrogen-bond donors (Lipinski definition) is 0. The summed E-state index contributed by atoms with van der Waals surface area (Å²) in [6.45, 7) is 1.94. The molecular weight excluding hydrogens is 308 g/mol. The lowest BCUT2D eigenvalue weighted by Crippen LogP contribution is -2.22. The van der Waals surface area contributed by atoms with E-state index in [1.165, 1.54) is 11.3 Å². The molecule has 0 radical (unpaired) electrons. The van der Waals surface area contributed by atoms with Gasteiger partial charge in [-0.2, -0.15) is 0 Å². The first-order chi connectivity index (χ1) is 9.97. The van der Waals surface area contributed by atoms with Crippen molar-refractivity contribution in [1.29, 1.82) is 0 Å². The van der Waals surface area contributed by atoms with Gasteiger partial charge in [0.05, 0.1) is 11.3 Å². The Kier molecular flexibility index (Phi) is 3.59. The van der Waals surface area contributed by atoms with Crippen molar-refractivity contribution in [2.75, 3.05) is 5.75 Å². The summed E-state index contributed by atoms with van der Waals surface area (Å²) >= 11 is 1.18. The van der Waals surface area contributed by atoms with Crippen LogP contribution in [0.25, 0.3) is 0 Å². The summed E-state index contributed by atoms with van der Waals surface area (Å²) in [6.07, 6.45) is -0.174. The van der Waals surface area contributed by atoms with Crippen LogP contribution < -0.4 is 0 Å². The van der Waals surface area contributed by atoms with E-state index in [1.807, 2.05) is 19.1 Å². The molecule has 4 nitrogen and oxygen atoms in total. The summed E-state index contributed by atoms with van der Waals surface area (Å²) in [5, 5.41) is 1.72. The van der Waals surface area contributed by atoms with E-state index in [-0.39, 0.29) is 5.75 Å². The number of sulfone groups is 1. The molecular formula is C15H14O4S2. The number of carbonyl (C=O) groups is 1. The molecule has 0 aliphatic carbocycles. The fourth-order valence-corrected chi connectivity index (χ4v) is 5.26. The van der Waals surface area contributed by atoms with Gasteiger partial charge in [-0.15, -0.1) is 11.3 Å². The van der Waals surface area contributed by atoms with Gasteiger partial charge in [-0.05, 0) is 30.5 Å². The molecule has 0 spiro atoms. The lowest BCUT2D eigenvalue weighted by Gasteiger charge is -2.22. The van der Waals surface area contributed by atoms with Crippen molar-refractivity contribution in [3.63, 3.8) is 0 Å². The van der Waals surface area contributed by atoms with Crippen LogP contribution in [-0.4, -0.2) is 20.1 Å². The van der Waals surface area contributed by atoms with Crippen molar-refractivity contribution in [2.24, 2.45) is 0 Å². The number of benzene rings is 1. The van der Waals surface area contributed by atoms with Crippen LogP contribution in [-0.2, 0) is 14.6 Å². The van der Waals surface area contributed by atoms with Crippen LogP contribution in [0.4, 0.5) is 0 Å². The molecule has 1 aromatic carbocycles. The van der Waals surface area contributed by atoms with Gasteiger partial charge in [0.2, 0.25) is 0 Å². The summed E-state index contributed by atoms with van der Waals surface area (Å²) < 4.78 is 29.7. The summed E-state index contributed by atoms with van der Waals surface area (Å²) in [6, 6.07) is 8.84. The van der Waals surface area contributed by atoms with Crippen LogP contribution in [0.3, 0.4) is 0 Å². The maximum absolute atomic E-state index is 12.1. The molecule has 21 heavy (non-hydrogen) atoms. The quantitative estimate of drug-likeness (QED) is 0.797. The molecule has 0 unspecified atom stereocenters. The molecule has 2 heterocycles. The van der Waals surface area contributed by atoms with Crippen molar-refractivity contribution < 1.29 is 17.9 Å². The molecule has 6 heteroatoms. The standard InChI is InChI=1S/C15H14O4S2/c1-10-2-4-11(5-3-10)14(16)19-13-7-9-21(17,18)15-12(13)6-8-20-15/h2-6,8,13H,7,9H2,1H3/t13-/m0/s1. The fourth-order valence-electron chi connectivity index (χ4n) is 2.32. The summed E-state index contributed by atoms with van der Waals surface area (Å²) in [7, 11) is -3.21. The van der Waals surface area contributed by atoms with Gasteiger partial charge in [-0.3, -0.25) is 0 Å². The predicted molar refractivity (Wildman–Crippen MR) is 80.3 cm³/mol. The van der Waals surface area contributed by atoms with E-state index in [1.54, 1.807) is 23.6 Å². The molecule has 0 fully saturated rings. The minimum absolute atomic E-state index is 0.0202. The van der Waals surface area contributed by atoms with Crippen LogP contribution in [0.15, 0.2) is 39.9 Å². The van der Waals surface area contributed by atoms with E-state index in [0.717, 1.165) is 5.56 Å². The van der Waals surface area contributed by atoms with Crippen LogP contribution in [0.1, 0.15) is 34.0 Å². The molecule has 0 amide bonds. The third-order valence-electron chi connectivity index (χ3n) is 3.47. The van der Waals surface area contributed by atoms with Crippen LogP contribution in [0, 0.1) is 6.92 Å². The average Bonchev–Trinajstić information content (AvgIpc) is 2.94. The van der Waals surface area contributed by atoms with Crippen LogP contribution >= 0.6 is 11.3 Å². The average molecular weight is 322 g/mol. The molecule has 0 bridgehead atoms. The molecule has 0 saturated carbocycles. The van der Waals surface area contributed by atoms with Gasteiger partial charge in [-0.25, -0.2) is 13.2 Å². The zero-order chi connectivity index (χ0) is 15.0. The van der Waals surface area contributed by atoms with E-state index < -0.39 is 21.9 Å². The Bertz CT molecular complexity index is 772. The van der Waals surface area contributed by atoms with Crippen molar-refractivity contribution >= 4 is 27.1 Å². The Morgan fingerprint density at radius 1 is 1.24 bits per heavy atom. The zero-order valence-electron chi connectivity index (χ0n) is 11.4. The van der Waals surface area contributed by atoms with Gasteiger partial charge >= 0.3 is 5.97 Å². The first-order valence-electron chi connectivity index (χ1n) is 6.55. The molecule has 1 atom stereocenters. The minimum atomic E-state index is -3.21. The van der Waals surface area contributed by atoms with Gasteiger partial charge in [-0.1, -0.05) is 17.7 Å². The Morgan fingerprint density at radius 2 is 1.95 bits per heavy atom. The highest BCUT2D eigenvalue weighted by molar-refractivity contribution is 7.93. The smallest absolute Gasteiger partial charge is 0.338 e. The lowest BCUT2D eigenvalue weighted by molar-refractivity contribution is 0.0280. The summed E-state index contributed by atoms with van der Waals surface area (Å²) in [5.41, 5.74) is 2.15. The second-order valence-electron chi connectivity index (χ2n) is 5.03. The normalized spacial score (nSPS) is 19.8. The molecule has 110 valence electrons. The first kappa shape index (κ1) is 14.3. The van der Waals surface area contributed by atoms with E-state index in [2.05, 4.69) is 0 Å². The molecule has 3 rings (SSSR count). The number of fused-ring (bicyclic) bond motifs is 1. The van der Waals surface area contributed by atoms with E-state index in [9.17, 15) is 13.2 Å². The van der Waals surface area contributed by atoms with E-state index in [0.29, 0.717) is 21.8 Å². The highest BCUT2D eigenvalue weighted by Crippen LogP contribution is 2.38. The Balaban J connectivity index is 1.84. The number of thiophene rings is 1. The number of hydrogen-bond acceptors (Lipinski definition) is 5. The number of rotatable bonds is 2. The SMILES string of the molecule is Cc1ccc(C(=O)O[C@H]2CCS(=O)(=O)c3sccc32)cc1. The van der Waals surface area contributed by atoms with Crippen LogP contribution in [0.2, 0.25) is 0 Å². The Hall–Kier alpha value is -1.66. The van der Waals surface area contributed by atoms with E-state index >= 15 is 0 Å². The monoisotopic (exact) mass is 322 g/mol. The van der Waals surface area contributed by atoms with Gasteiger partial charge in [0.25, 0.3) is 0 Å². The third kappa shape index (κ3) is 2.73. The number of esters is 1. The summed E-state index contributed by atoms with van der Waals surface area (Å²) in [5.74, 6) is -0.400. The molecule has 2 aromatic rings. The van der Waals surface area contributed by atoms with Gasteiger partial charge in [0, 0.05) is 12.0 Å². The maximum Gasteiger partial charge on any atom is 0.338 e. The molecule has 1 aliphatic rings. The minimum Gasteiger partial charge on any atom is -0.454 e. The Morgan fingerprint density at radius 3 is 2.67 bits per heavy atom. The first-order valence-corrected chi connectivity index (χ1v) is 9.08. The summed E-state index contributed by atoms with van der Waals surface area (Å²) in [4.78, 5) is 12.1. The number of carbonyl (C=O) groups excluding carboxylic acids is 1. The second kappa shape index (κ2) is 5.27. The topological polar surface area (TPSA) is 60.4 Å². The number of aryl methyl sites for hydroxylation is 1. The molecule has 0 saturated heterocycles. The maximum atomic E-state index is 12.1. The Labute approximate surface area is 127 Å². The molecule has 1 aliphatic heterocycles. The highest BCUT2D eigenvalue weighted by Gasteiger charge is 2.33. The highest BCUT2D eigenvalue weighted by atomic mass is 32.2. The third-order valence-corrected chi connectivity index (χ3v) is 6.82.